The van der Waals surface area contributed by atoms with Gasteiger partial charge in [0.25, 0.3) is 0 Å². The summed E-state index contributed by atoms with van der Waals surface area (Å²) in [6.45, 7) is 4.46. The zero-order valence-corrected chi connectivity index (χ0v) is 20.0. The van der Waals surface area contributed by atoms with Crippen LogP contribution in [-0.2, 0) is 25.2 Å². The molecule has 1 aromatic heterocycles. The number of hydrogen-bond donors (Lipinski definition) is 0. The molecule has 3 rings (SSSR count). The van der Waals surface area contributed by atoms with Crippen LogP contribution in [0.2, 0.25) is 0 Å². The van der Waals surface area contributed by atoms with Crippen LogP contribution < -0.4 is 0 Å². The average molecular weight is 502 g/mol. The Morgan fingerprint density at radius 1 is 0.972 bits per heavy atom. The van der Waals surface area contributed by atoms with Crippen molar-refractivity contribution in [1.82, 2.24) is 4.98 Å². The van der Waals surface area contributed by atoms with Crippen molar-refractivity contribution < 1.29 is 37.0 Å². The number of alkyl halides is 3. The quantitative estimate of drug-likeness (QED) is 0.375. The van der Waals surface area contributed by atoms with Gasteiger partial charge in [0.2, 0.25) is 0 Å². The number of pyridine rings is 1. The number of esters is 2. The van der Waals surface area contributed by atoms with Gasteiger partial charge < -0.3 is 9.47 Å². The molecule has 1 unspecified atom stereocenters. The lowest BCUT2D eigenvalue weighted by atomic mass is 9.73. The Balaban J connectivity index is 2.28. The van der Waals surface area contributed by atoms with E-state index in [1.165, 1.54) is 49.6 Å². The molecule has 0 saturated heterocycles. The molecule has 0 fully saturated rings. The predicted molar refractivity (Wildman–Crippen MR) is 124 cm³/mol. The highest BCUT2D eigenvalue weighted by Gasteiger charge is 2.46. The molecule has 0 radical (unpaired) electrons. The van der Waals surface area contributed by atoms with Crippen molar-refractivity contribution in [3.05, 3.63) is 76.8 Å². The summed E-state index contributed by atoms with van der Waals surface area (Å²) in [5.74, 6) is -4.97. The van der Waals surface area contributed by atoms with Crippen molar-refractivity contribution in [2.75, 3.05) is 13.2 Å². The first kappa shape index (κ1) is 26.8. The molecule has 0 bridgehead atoms. The van der Waals surface area contributed by atoms with E-state index in [1.807, 2.05) is 0 Å². The molecule has 0 amide bonds. The summed E-state index contributed by atoms with van der Waals surface area (Å²) in [5.41, 5.74) is -1.25. The van der Waals surface area contributed by atoms with Gasteiger partial charge in [0, 0.05) is 29.6 Å². The van der Waals surface area contributed by atoms with Crippen molar-refractivity contribution in [2.24, 2.45) is 10.9 Å². The minimum absolute atomic E-state index is 0.0257. The van der Waals surface area contributed by atoms with Gasteiger partial charge in [-0.3, -0.25) is 19.6 Å². The number of hydrogen-bond acceptors (Lipinski definition) is 7. The van der Waals surface area contributed by atoms with Gasteiger partial charge in [-0.1, -0.05) is 18.2 Å². The Morgan fingerprint density at radius 3 is 2.22 bits per heavy atom. The van der Waals surface area contributed by atoms with Gasteiger partial charge in [0.1, 0.15) is 5.92 Å². The topological polar surface area (TPSA) is 94.9 Å². The molecule has 2 atom stereocenters. The highest BCUT2D eigenvalue weighted by molar-refractivity contribution is 6.08. The number of aliphatic imine (C=N–C) groups is 1. The summed E-state index contributed by atoms with van der Waals surface area (Å²) >= 11 is 0. The van der Waals surface area contributed by atoms with E-state index in [2.05, 4.69) is 9.98 Å². The number of rotatable bonds is 8. The summed E-state index contributed by atoms with van der Waals surface area (Å²) < 4.78 is 52.5. The summed E-state index contributed by atoms with van der Waals surface area (Å²) in [6.07, 6.45) is -2.33. The lowest BCUT2D eigenvalue weighted by Gasteiger charge is -2.33. The Bertz CT molecular complexity index is 1210. The van der Waals surface area contributed by atoms with Crippen LogP contribution in [0.15, 0.2) is 65.1 Å². The summed E-state index contributed by atoms with van der Waals surface area (Å²) in [7, 11) is 0. The van der Waals surface area contributed by atoms with Gasteiger partial charge in [0.05, 0.1) is 36.5 Å². The van der Waals surface area contributed by atoms with Crippen LogP contribution in [0.3, 0.4) is 0 Å². The third-order valence-corrected chi connectivity index (χ3v) is 5.68. The zero-order valence-electron chi connectivity index (χ0n) is 20.0. The zero-order chi connectivity index (χ0) is 26.5. The molecule has 36 heavy (non-hydrogen) atoms. The second-order valence-corrected chi connectivity index (χ2v) is 7.96. The molecule has 0 N–H and O–H groups in total. The van der Waals surface area contributed by atoms with E-state index in [1.54, 1.807) is 13.8 Å². The molecule has 0 spiro atoms. The van der Waals surface area contributed by atoms with Crippen LogP contribution in [0.1, 0.15) is 54.6 Å². The van der Waals surface area contributed by atoms with E-state index in [-0.39, 0.29) is 41.3 Å². The van der Waals surface area contributed by atoms with Crippen molar-refractivity contribution >= 4 is 23.4 Å². The second kappa shape index (κ2) is 11.3. The summed E-state index contributed by atoms with van der Waals surface area (Å²) in [5, 5.41) is 0. The van der Waals surface area contributed by atoms with Gasteiger partial charge in [-0.2, -0.15) is 13.2 Å². The fraction of sp³-hybridized carbons (Fsp3) is 0.346. The Labute approximate surface area is 206 Å². The fourth-order valence-corrected chi connectivity index (χ4v) is 4.21. The van der Waals surface area contributed by atoms with Crippen molar-refractivity contribution in [2.45, 2.75) is 39.3 Å². The molecule has 7 nitrogen and oxygen atoms in total. The number of halogens is 3. The van der Waals surface area contributed by atoms with Crippen molar-refractivity contribution in [1.29, 1.82) is 0 Å². The van der Waals surface area contributed by atoms with Crippen LogP contribution in [0.4, 0.5) is 13.2 Å². The monoisotopic (exact) mass is 502 g/mol. The molecule has 190 valence electrons. The van der Waals surface area contributed by atoms with Crippen LogP contribution in [0, 0.1) is 5.92 Å². The number of aromatic nitrogens is 1. The van der Waals surface area contributed by atoms with E-state index in [0.717, 1.165) is 6.07 Å². The molecule has 10 heteroatoms. The number of allylic oxidation sites excluding steroid dienone is 1. The van der Waals surface area contributed by atoms with E-state index < -0.39 is 47.7 Å². The summed E-state index contributed by atoms with van der Waals surface area (Å²) in [4.78, 5) is 47.4. The maximum Gasteiger partial charge on any atom is 0.416 e. The number of ether oxygens (including phenoxy) is 2. The first-order valence-electron chi connectivity index (χ1n) is 11.3. The SMILES string of the molecule is CCOC(=O)C1=C(CC(=O)c2ccncc2)N=C(C)C(C(=O)OCC)[C@@H]1c1ccccc1C(F)(F)F. The molecular weight excluding hydrogens is 477 g/mol. The fourth-order valence-electron chi connectivity index (χ4n) is 4.21. The highest BCUT2D eigenvalue weighted by Crippen LogP contribution is 2.45. The number of nitrogens with zero attached hydrogens (tertiary/aromatic N) is 2. The molecule has 1 aliphatic rings. The van der Waals surface area contributed by atoms with Crippen LogP contribution in [0.25, 0.3) is 0 Å². The van der Waals surface area contributed by atoms with E-state index in [0.29, 0.717) is 0 Å². The van der Waals surface area contributed by atoms with Gasteiger partial charge in [-0.25, -0.2) is 4.79 Å². The van der Waals surface area contributed by atoms with Crippen LogP contribution >= 0.6 is 0 Å². The average Bonchev–Trinajstić information content (AvgIpc) is 2.83. The Morgan fingerprint density at radius 2 is 1.61 bits per heavy atom. The Hall–Kier alpha value is -3.82. The first-order chi connectivity index (χ1) is 17.1. The largest absolute Gasteiger partial charge is 0.465 e. The number of carbonyl (C=O) groups excluding carboxylic acids is 3. The minimum Gasteiger partial charge on any atom is -0.465 e. The lowest BCUT2D eigenvalue weighted by Crippen LogP contribution is -2.38. The van der Waals surface area contributed by atoms with Gasteiger partial charge >= 0.3 is 18.1 Å². The second-order valence-electron chi connectivity index (χ2n) is 7.96. The van der Waals surface area contributed by atoms with E-state index >= 15 is 0 Å². The number of ketones is 1. The van der Waals surface area contributed by atoms with E-state index in [9.17, 15) is 27.6 Å². The van der Waals surface area contributed by atoms with Crippen LogP contribution in [0.5, 0.6) is 0 Å². The maximum absolute atomic E-state index is 14.0. The van der Waals surface area contributed by atoms with Crippen molar-refractivity contribution in [3.8, 4) is 0 Å². The molecule has 2 heterocycles. The minimum atomic E-state index is -4.77. The normalized spacial score (nSPS) is 17.9. The van der Waals surface area contributed by atoms with Gasteiger partial charge in [0.15, 0.2) is 5.78 Å². The Kier molecular flexibility index (Phi) is 8.39. The third-order valence-electron chi connectivity index (χ3n) is 5.68. The predicted octanol–water partition coefficient (Wildman–Crippen LogP) is 4.93. The standard InChI is InChI=1S/C26H25F3N2O5/c1-4-35-24(33)21-15(3)31-19(14-20(32)16-10-12-30-13-11-16)23(25(34)36-5-2)22(21)17-8-6-7-9-18(17)26(27,28)29/h6-13,21-22H,4-5,14H2,1-3H3/t21?,22-/m0/s1. The lowest BCUT2D eigenvalue weighted by molar-refractivity contribution is -0.147. The molecule has 0 saturated carbocycles. The summed E-state index contributed by atoms with van der Waals surface area (Å²) in [6, 6.07) is 7.65. The maximum atomic E-state index is 14.0. The highest BCUT2D eigenvalue weighted by atomic mass is 19.4. The number of carbonyl (C=O) groups is 3. The van der Waals surface area contributed by atoms with Crippen LogP contribution in [-0.4, -0.2) is 41.6 Å². The smallest absolute Gasteiger partial charge is 0.416 e. The molecular formula is C26H25F3N2O5. The molecule has 1 aromatic carbocycles. The first-order valence-corrected chi connectivity index (χ1v) is 11.3. The molecule has 2 aromatic rings. The van der Waals surface area contributed by atoms with Gasteiger partial charge in [-0.15, -0.1) is 0 Å². The number of Topliss-reactive ketones (excluding diaryl/α,β-unsaturated/α-hetero) is 1. The molecule has 0 aliphatic carbocycles. The van der Waals surface area contributed by atoms with E-state index in [4.69, 9.17) is 9.47 Å². The van der Waals surface area contributed by atoms with Crippen molar-refractivity contribution in [3.63, 3.8) is 0 Å². The molecule has 1 aliphatic heterocycles. The number of benzene rings is 1. The van der Waals surface area contributed by atoms with Gasteiger partial charge in [-0.05, 0) is 44.5 Å². The third kappa shape index (κ3) is 5.69.